The zero-order valence-electron chi connectivity index (χ0n) is 10.2. The van der Waals surface area contributed by atoms with Crippen LogP contribution in [0.3, 0.4) is 0 Å². The summed E-state index contributed by atoms with van der Waals surface area (Å²) >= 11 is 4.87. The largest absolute Gasteiger partial charge is 0.478 e. The molecule has 0 radical (unpaired) electrons. The van der Waals surface area contributed by atoms with Gasteiger partial charge in [-0.1, -0.05) is 12.1 Å². The molecule has 0 spiro atoms. The summed E-state index contributed by atoms with van der Waals surface area (Å²) in [5, 5.41) is 14.2. The summed E-state index contributed by atoms with van der Waals surface area (Å²) in [6.45, 7) is 0.386. The third-order valence-electron chi connectivity index (χ3n) is 2.46. The fourth-order valence-electron chi connectivity index (χ4n) is 1.56. The molecule has 1 heterocycles. The Balaban J connectivity index is 1.96. The first-order valence-corrected chi connectivity index (χ1v) is 7.28. The quantitative estimate of drug-likeness (QED) is 0.785. The topological polar surface area (TPSA) is 78.4 Å². The maximum absolute atomic E-state index is 11.7. The number of para-hydroxylation sites is 1. The van der Waals surface area contributed by atoms with Crippen molar-refractivity contribution in [1.82, 2.24) is 5.32 Å². The van der Waals surface area contributed by atoms with Crippen molar-refractivity contribution in [3.8, 4) is 0 Å². The van der Waals surface area contributed by atoms with Crippen LogP contribution in [0, 0.1) is 0 Å². The molecular weight excluding hydrogens is 344 g/mol. The average molecular weight is 355 g/mol. The summed E-state index contributed by atoms with van der Waals surface area (Å²) in [6.07, 6.45) is 0. The Morgan fingerprint density at radius 2 is 1.95 bits per heavy atom. The molecule has 0 saturated carbocycles. The normalized spacial score (nSPS) is 10.1. The lowest BCUT2D eigenvalue weighted by molar-refractivity contribution is 0.0698. The van der Waals surface area contributed by atoms with Crippen molar-refractivity contribution >= 4 is 45.0 Å². The Kier molecular flexibility index (Phi) is 4.75. The lowest BCUT2D eigenvalue weighted by Crippen LogP contribution is -2.28. The molecule has 3 N–H and O–H groups in total. The summed E-state index contributed by atoms with van der Waals surface area (Å²) in [7, 11) is 0. The highest BCUT2D eigenvalue weighted by molar-refractivity contribution is 9.11. The second-order valence-corrected chi connectivity index (χ2v) is 6.41. The fourth-order valence-corrected chi connectivity index (χ4v) is 2.98. The van der Waals surface area contributed by atoms with Crippen molar-refractivity contribution in [2.24, 2.45) is 0 Å². The first-order valence-electron chi connectivity index (χ1n) is 5.67. The Morgan fingerprint density at radius 1 is 1.20 bits per heavy atom. The summed E-state index contributed by atoms with van der Waals surface area (Å²) in [6, 6.07) is 9.62. The van der Waals surface area contributed by atoms with Gasteiger partial charge in [-0.2, -0.15) is 0 Å². The zero-order chi connectivity index (χ0) is 14.5. The van der Waals surface area contributed by atoms with Gasteiger partial charge in [0.2, 0.25) is 0 Å². The van der Waals surface area contributed by atoms with E-state index in [9.17, 15) is 9.59 Å². The number of thiophene rings is 1. The third-order valence-corrected chi connectivity index (χ3v) is 4.08. The van der Waals surface area contributed by atoms with E-state index >= 15 is 0 Å². The van der Waals surface area contributed by atoms with Crippen molar-refractivity contribution in [2.75, 3.05) is 5.32 Å². The molecule has 2 aromatic rings. The molecule has 0 aliphatic heterocycles. The molecular formula is C13H11BrN2O3S. The smallest absolute Gasteiger partial charge is 0.337 e. The molecule has 104 valence electrons. The first-order chi connectivity index (χ1) is 9.56. The lowest BCUT2D eigenvalue weighted by Gasteiger charge is -2.09. The number of urea groups is 1. The molecule has 2 amide bonds. The summed E-state index contributed by atoms with van der Waals surface area (Å²) < 4.78 is 0.992. The minimum atomic E-state index is -1.08. The van der Waals surface area contributed by atoms with Gasteiger partial charge >= 0.3 is 12.0 Å². The van der Waals surface area contributed by atoms with Crippen molar-refractivity contribution < 1.29 is 14.7 Å². The number of carbonyl (C=O) groups excluding carboxylic acids is 1. The number of aromatic carboxylic acids is 1. The molecule has 0 unspecified atom stereocenters. The van der Waals surface area contributed by atoms with E-state index in [1.54, 1.807) is 18.2 Å². The van der Waals surface area contributed by atoms with Crippen molar-refractivity contribution in [3.63, 3.8) is 0 Å². The lowest BCUT2D eigenvalue weighted by atomic mass is 10.2. The van der Waals surface area contributed by atoms with E-state index in [2.05, 4.69) is 26.6 Å². The molecule has 5 nitrogen and oxygen atoms in total. The highest BCUT2D eigenvalue weighted by Gasteiger charge is 2.11. The predicted molar refractivity (Wildman–Crippen MR) is 81.3 cm³/mol. The number of rotatable bonds is 4. The van der Waals surface area contributed by atoms with Crippen molar-refractivity contribution in [1.29, 1.82) is 0 Å². The number of carboxylic acid groups (broad SMARTS) is 1. The standard InChI is InChI=1S/C13H11BrN2O3S/c14-11-6-5-8(20-11)7-15-13(19)16-10-4-2-1-3-9(10)12(17)18/h1-6H,7H2,(H,17,18)(H2,15,16,19). The minimum Gasteiger partial charge on any atom is -0.478 e. The maximum atomic E-state index is 11.7. The van der Waals surface area contributed by atoms with Gasteiger partial charge in [0, 0.05) is 4.88 Å². The van der Waals surface area contributed by atoms with E-state index in [0.717, 1.165) is 8.66 Å². The van der Waals surface area contributed by atoms with Gasteiger partial charge in [-0.25, -0.2) is 9.59 Å². The van der Waals surface area contributed by atoms with Crippen LogP contribution in [0.2, 0.25) is 0 Å². The number of anilines is 1. The van der Waals surface area contributed by atoms with Gasteiger partial charge in [-0.3, -0.25) is 0 Å². The van der Waals surface area contributed by atoms with E-state index in [4.69, 9.17) is 5.11 Å². The molecule has 1 aromatic heterocycles. The van der Waals surface area contributed by atoms with E-state index in [0.29, 0.717) is 6.54 Å². The van der Waals surface area contributed by atoms with Crippen LogP contribution in [0.4, 0.5) is 10.5 Å². The molecule has 0 bridgehead atoms. The molecule has 2 rings (SSSR count). The van der Waals surface area contributed by atoms with Crippen LogP contribution < -0.4 is 10.6 Å². The van der Waals surface area contributed by atoms with Gasteiger partial charge in [-0.05, 0) is 40.2 Å². The highest BCUT2D eigenvalue weighted by atomic mass is 79.9. The van der Waals surface area contributed by atoms with Crippen LogP contribution in [0.5, 0.6) is 0 Å². The van der Waals surface area contributed by atoms with Crippen molar-refractivity contribution in [2.45, 2.75) is 6.54 Å². The number of hydrogen-bond acceptors (Lipinski definition) is 3. The average Bonchev–Trinajstić information content (AvgIpc) is 2.83. The van der Waals surface area contributed by atoms with Gasteiger partial charge < -0.3 is 15.7 Å². The van der Waals surface area contributed by atoms with E-state index in [1.807, 2.05) is 12.1 Å². The number of nitrogens with one attached hydrogen (secondary N) is 2. The van der Waals surface area contributed by atoms with Gasteiger partial charge in [0.1, 0.15) is 0 Å². The van der Waals surface area contributed by atoms with Gasteiger partial charge in [0.15, 0.2) is 0 Å². The Morgan fingerprint density at radius 3 is 2.60 bits per heavy atom. The molecule has 0 saturated heterocycles. The Bertz CT molecular complexity index is 642. The monoisotopic (exact) mass is 354 g/mol. The summed E-state index contributed by atoms with van der Waals surface area (Å²) in [5.74, 6) is -1.08. The molecule has 1 aromatic carbocycles. The van der Waals surface area contributed by atoms with Gasteiger partial charge in [-0.15, -0.1) is 11.3 Å². The zero-order valence-corrected chi connectivity index (χ0v) is 12.6. The summed E-state index contributed by atoms with van der Waals surface area (Å²) in [4.78, 5) is 23.8. The van der Waals surface area contributed by atoms with Gasteiger partial charge in [0.05, 0.1) is 21.6 Å². The van der Waals surface area contributed by atoms with Crippen LogP contribution in [0.15, 0.2) is 40.2 Å². The van der Waals surface area contributed by atoms with Crippen LogP contribution in [-0.4, -0.2) is 17.1 Å². The van der Waals surface area contributed by atoms with E-state index in [-0.39, 0.29) is 11.3 Å². The first kappa shape index (κ1) is 14.5. The summed E-state index contributed by atoms with van der Waals surface area (Å²) in [5.41, 5.74) is 0.325. The Hall–Kier alpha value is -1.86. The minimum absolute atomic E-state index is 0.0570. The molecule has 0 aliphatic carbocycles. The molecule has 0 atom stereocenters. The molecule has 7 heteroatoms. The SMILES string of the molecule is O=C(NCc1ccc(Br)s1)Nc1ccccc1C(=O)O. The number of hydrogen-bond donors (Lipinski definition) is 3. The third kappa shape index (κ3) is 3.82. The predicted octanol–water partition coefficient (Wildman–Crippen LogP) is 3.53. The van der Waals surface area contributed by atoms with Crippen LogP contribution >= 0.6 is 27.3 Å². The number of carbonyl (C=O) groups is 2. The second-order valence-electron chi connectivity index (χ2n) is 3.86. The number of carboxylic acids is 1. The molecule has 20 heavy (non-hydrogen) atoms. The van der Waals surface area contributed by atoms with Crippen LogP contribution in [0.25, 0.3) is 0 Å². The number of amides is 2. The number of benzene rings is 1. The number of halogens is 1. The van der Waals surface area contributed by atoms with Gasteiger partial charge in [0.25, 0.3) is 0 Å². The van der Waals surface area contributed by atoms with Crippen LogP contribution in [0.1, 0.15) is 15.2 Å². The van der Waals surface area contributed by atoms with E-state index < -0.39 is 12.0 Å². The fraction of sp³-hybridized carbons (Fsp3) is 0.0769. The Labute approximate surface area is 127 Å². The second kappa shape index (κ2) is 6.53. The highest BCUT2D eigenvalue weighted by Crippen LogP contribution is 2.21. The van der Waals surface area contributed by atoms with Crippen LogP contribution in [-0.2, 0) is 6.54 Å². The molecule has 0 fully saturated rings. The van der Waals surface area contributed by atoms with Crippen molar-refractivity contribution in [3.05, 3.63) is 50.6 Å². The maximum Gasteiger partial charge on any atom is 0.337 e. The van der Waals surface area contributed by atoms with E-state index in [1.165, 1.54) is 17.4 Å². The molecule has 0 aliphatic rings.